The molecular weight excluding hydrogens is 655 g/mol. The number of ether oxygens (including phenoxy) is 3. The van der Waals surface area contributed by atoms with Crippen LogP contribution in [0.2, 0.25) is 0 Å². The number of aromatic amines is 1. The molecule has 3 aliphatic rings. The van der Waals surface area contributed by atoms with Crippen molar-refractivity contribution >= 4 is 30.6 Å². The number of aromatic nitrogens is 2. The summed E-state index contributed by atoms with van der Waals surface area (Å²) in [6, 6.07) is 9.90. The van der Waals surface area contributed by atoms with E-state index in [4.69, 9.17) is 28.5 Å². The van der Waals surface area contributed by atoms with E-state index in [1.807, 2.05) is 77.9 Å². The molecule has 2 fully saturated rings. The highest BCUT2D eigenvalue weighted by Gasteiger charge is 2.51. The van der Waals surface area contributed by atoms with Gasteiger partial charge in [0.05, 0.1) is 51.4 Å². The molecular formula is C36H47BN6O8. The summed E-state index contributed by atoms with van der Waals surface area (Å²) in [6.07, 6.45) is 1.08. The zero-order valence-corrected chi connectivity index (χ0v) is 30.7. The number of hydrogen-bond acceptors (Lipinski definition) is 9. The van der Waals surface area contributed by atoms with Gasteiger partial charge in [-0.15, -0.1) is 0 Å². The van der Waals surface area contributed by atoms with E-state index in [1.165, 1.54) is 7.11 Å². The van der Waals surface area contributed by atoms with Gasteiger partial charge in [0.15, 0.2) is 11.5 Å². The van der Waals surface area contributed by atoms with Crippen LogP contribution in [0.1, 0.15) is 64.5 Å². The molecule has 6 rings (SSSR count). The standard InChI is InChI=1S/C36H47BN6O8/c1-21(2)30(40-33(45)49-9)32(44)43-20-42(34(46)41-17-23-14-28(47-7)29(48-8)15-24(23)18-41)19-27(43)31-38-16-26(39-31)22-10-12-25(13-11-22)37-50-35(3,4)36(5,6)51-37/h10-16,21,27,30H,17-20H2,1-9H3,(H,38,39)(H,40,45)/t27-,30-/m0/s1. The number of fused-ring (bicyclic) bond motifs is 1. The summed E-state index contributed by atoms with van der Waals surface area (Å²) in [6.45, 7) is 12.7. The molecule has 15 heteroatoms. The van der Waals surface area contributed by atoms with E-state index in [9.17, 15) is 14.4 Å². The summed E-state index contributed by atoms with van der Waals surface area (Å²) in [4.78, 5) is 53.6. The summed E-state index contributed by atoms with van der Waals surface area (Å²) in [5.41, 5.74) is 3.46. The normalized spacial score (nSPS) is 19.7. The number of benzene rings is 2. The Hall–Kier alpha value is -4.76. The maximum absolute atomic E-state index is 14.2. The Bertz CT molecular complexity index is 1750. The fourth-order valence-electron chi connectivity index (χ4n) is 6.63. The molecule has 2 aromatic carbocycles. The lowest BCUT2D eigenvalue weighted by atomic mass is 9.79. The molecule has 3 aliphatic heterocycles. The van der Waals surface area contributed by atoms with Crippen LogP contribution in [-0.4, -0.2) is 102 Å². The monoisotopic (exact) mass is 702 g/mol. The van der Waals surface area contributed by atoms with Crippen LogP contribution in [0.5, 0.6) is 11.5 Å². The van der Waals surface area contributed by atoms with E-state index < -0.39 is 36.5 Å². The fraction of sp³-hybridized carbons (Fsp3) is 0.500. The smallest absolute Gasteiger partial charge is 0.493 e. The second-order valence-electron chi connectivity index (χ2n) is 14.5. The molecule has 2 saturated heterocycles. The number of alkyl carbamates (subject to hydrolysis) is 1. The number of hydrogen-bond donors (Lipinski definition) is 2. The Morgan fingerprint density at radius 3 is 2.06 bits per heavy atom. The number of nitrogens with one attached hydrogen (secondary N) is 2. The Morgan fingerprint density at radius 2 is 1.53 bits per heavy atom. The third-order valence-electron chi connectivity index (χ3n) is 10.4. The number of carbonyl (C=O) groups is 3. The Kier molecular flexibility index (Phi) is 9.72. The molecule has 0 saturated carbocycles. The van der Waals surface area contributed by atoms with Gasteiger partial charge in [0.25, 0.3) is 0 Å². The first-order valence-corrected chi connectivity index (χ1v) is 17.1. The molecule has 0 unspecified atom stereocenters. The Labute approximate surface area is 298 Å². The van der Waals surface area contributed by atoms with Gasteiger partial charge in [-0.05, 0) is 62.3 Å². The van der Waals surface area contributed by atoms with Crippen molar-refractivity contribution in [1.82, 2.24) is 30.0 Å². The number of rotatable bonds is 8. The number of H-pyrrole nitrogens is 1. The van der Waals surface area contributed by atoms with Gasteiger partial charge < -0.3 is 48.5 Å². The zero-order chi connectivity index (χ0) is 36.8. The third-order valence-corrected chi connectivity index (χ3v) is 10.4. The second kappa shape index (κ2) is 13.8. The zero-order valence-electron chi connectivity index (χ0n) is 30.7. The van der Waals surface area contributed by atoms with Gasteiger partial charge in [-0.1, -0.05) is 38.1 Å². The van der Waals surface area contributed by atoms with Crippen LogP contribution in [0, 0.1) is 5.92 Å². The van der Waals surface area contributed by atoms with Crippen molar-refractivity contribution in [1.29, 1.82) is 0 Å². The first-order chi connectivity index (χ1) is 24.2. The minimum absolute atomic E-state index is 0.00666. The van der Waals surface area contributed by atoms with Crippen LogP contribution in [0.25, 0.3) is 11.3 Å². The molecule has 0 radical (unpaired) electrons. The number of amides is 4. The summed E-state index contributed by atoms with van der Waals surface area (Å²) in [5, 5.41) is 2.68. The lowest BCUT2D eigenvalue weighted by Crippen LogP contribution is -2.52. The number of carbonyl (C=O) groups excluding carboxylic acids is 3. The molecule has 2 atom stereocenters. The topological polar surface area (TPSA) is 148 Å². The highest BCUT2D eigenvalue weighted by molar-refractivity contribution is 6.62. The van der Waals surface area contributed by atoms with E-state index in [0.29, 0.717) is 36.1 Å². The number of urea groups is 1. The average Bonchev–Trinajstić information content (AvgIpc) is 3.90. The first kappa shape index (κ1) is 36.0. The Balaban J connectivity index is 1.24. The molecule has 0 bridgehead atoms. The van der Waals surface area contributed by atoms with Gasteiger partial charge in [-0.3, -0.25) is 4.79 Å². The number of imidazole rings is 1. The van der Waals surface area contributed by atoms with E-state index in [2.05, 4.69) is 10.3 Å². The molecule has 4 heterocycles. The summed E-state index contributed by atoms with van der Waals surface area (Å²) >= 11 is 0. The summed E-state index contributed by atoms with van der Waals surface area (Å²) < 4.78 is 28.2. The van der Waals surface area contributed by atoms with Gasteiger partial charge in [-0.25, -0.2) is 14.6 Å². The van der Waals surface area contributed by atoms with Crippen LogP contribution < -0.4 is 20.3 Å². The van der Waals surface area contributed by atoms with E-state index in [1.54, 1.807) is 35.1 Å². The predicted molar refractivity (Wildman–Crippen MR) is 189 cm³/mol. The molecule has 0 aliphatic carbocycles. The van der Waals surface area contributed by atoms with Crippen molar-refractivity contribution in [2.75, 3.05) is 34.5 Å². The minimum Gasteiger partial charge on any atom is -0.493 e. The molecule has 4 amide bonds. The van der Waals surface area contributed by atoms with Crippen molar-refractivity contribution < 1.29 is 37.9 Å². The van der Waals surface area contributed by atoms with E-state index in [0.717, 1.165) is 22.2 Å². The van der Waals surface area contributed by atoms with Crippen molar-refractivity contribution in [3.05, 3.63) is 59.5 Å². The maximum atomic E-state index is 14.2. The maximum Gasteiger partial charge on any atom is 0.494 e. The average molecular weight is 703 g/mol. The van der Waals surface area contributed by atoms with Crippen LogP contribution in [0.3, 0.4) is 0 Å². The molecule has 51 heavy (non-hydrogen) atoms. The van der Waals surface area contributed by atoms with Crippen LogP contribution in [0.4, 0.5) is 9.59 Å². The van der Waals surface area contributed by atoms with Crippen molar-refractivity contribution in [3.8, 4) is 22.8 Å². The molecule has 0 spiro atoms. The molecule has 14 nitrogen and oxygen atoms in total. The summed E-state index contributed by atoms with van der Waals surface area (Å²) in [5.74, 6) is 1.10. The Morgan fingerprint density at radius 1 is 0.941 bits per heavy atom. The minimum atomic E-state index is -0.886. The van der Waals surface area contributed by atoms with Gasteiger partial charge in [0.2, 0.25) is 5.91 Å². The van der Waals surface area contributed by atoms with Crippen LogP contribution in [-0.2, 0) is 31.9 Å². The quantitative estimate of drug-likeness (QED) is 0.332. The van der Waals surface area contributed by atoms with Crippen molar-refractivity contribution in [2.24, 2.45) is 5.92 Å². The second-order valence-corrected chi connectivity index (χ2v) is 14.5. The van der Waals surface area contributed by atoms with Crippen LogP contribution in [0.15, 0.2) is 42.6 Å². The van der Waals surface area contributed by atoms with Crippen molar-refractivity contribution in [3.63, 3.8) is 0 Å². The lowest BCUT2D eigenvalue weighted by Gasteiger charge is -2.32. The summed E-state index contributed by atoms with van der Waals surface area (Å²) in [7, 11) is 3.92. The molecule has 272 valence electrons. The van der Waals surface area contributed by atoms with Crippen molar-refractivity contribution in [2.45, 2.75) is 77.9 Å². The number of methoxy groups -OCH3 is 3. The van der Waals surface area contributed by atoms with Gasteiger partial charge in [-0.2, -0.15) is 0 Å². The first-order valence-electron chi connectivity index (χ1n) is 17.1. The lowest BCUT2D eigenvalue weighted by molar-refractivity contribution is -0.135. The van der Waals surface area contributed by atoms with Gasteiger partial charge >= 0.3 is 19.2 Å². The largest absolute Gasteiger partial charge is 0.494 e. The molecule has 3 aromatic rings. The molecule has 2 N–H and O–H groups in total. The third kappa shape index (κ3) is 6.84. The number of nitrogens with zero attached hydrogens (tertiary/aromatic N) is 4. The van der Waals surface area contributed by atoms with Gasteiger partial charge in [0.1, 0.15) is 17.9 Å². The predicted octanol–water partition coefficient (Wildman–Crippen LogP) is 4.05. The SMILES string of the molecule is COC(=O)N[C@H](C(=O)N1CN(C(=O)N2Cc3cc(OC)c(OC)cc3C2)C[C@H]1c1nc(-c2ccc(B3OC(C)(C)C(C)(C)O3)cc2)c[nH]1)C(C)C. The van der Waals surface area contributed by atoms with Gasteiger partial charge in [0, 0.05) is 24.8 Å². The van der Waals surface area contributed by atoms with E-state index >= 15 is 0 Å². The molecule has 1 aromatic heterocycles. The highest BCUT2D eigenvalue weighted by Crippen LogP contribution is 2.38. The highest BCUT2D eigenvalue weighted by atomic mass is 16.7. The fourth-order valence-corrected chi connectivity index (χ4v) is 6.63. The van der Waals surface area contributed by atoms with E-state index in [-0.39, 0.29) is 31.1 Å². The van der Waals surface area contributed by atoms with Crippen LogP contribution >= 0.6 is 0 Å².